The Morgan fingerprint density at radius 2 is 1.93 bits per heavy atom. The number of aromatic nitrogens is 1. The molecule has 2 heterocycles. The standard InChI is InChI=1S/C24H33N3O2S/c1-16(2)13-14-25-23(29)22-21-18-11-7-8-12-19(18)26(3)24(21)30-15-20(28)27(22)17-9-5-4-6-10-17/h7-8,11-12,16-17,22H,4-6,9-10,13-15H2,1-3H3,(H,25,29)/t22-/m1/s1. The third kappa shape index (κ3) is 3.98. The number of carbonyl (C=O) groups is 2. The minimum atomic E-state index is -0.552. The summed E-state index contributed by atoms with van der Waals surface area (Å²) in [6.45, 7) is 4.97. The fourth-order valence-corrected chi connectivity index (χ4v) is 6.02. The molecular formula is C24H33N3O2S. The molecule has 1 aliphatic carbocycles. The van der Waals surface area contributed by atoms with Crippen molar-refractivity contribution in [1.82, 2.24) is 14.8 Å². The largest absolute Gasteiger partial charge is 0.354 e. The monoisotopic (exact) mass is 427 g/mol. The molecule has 1 aromatic heterocycles. The van der Waals surface area contributed by atoms with Crippen LogP contribution in [0.15, 0.2) is 29.3 Å². The topological polar surface area (TPSA) is 54.3 Å². The molecule has 4 rings (SSSR count). The van der Waals surface area contributed by atoms with Crippen LogP contribution in [0.3, 0.4) is 0 Å². The summed E-state index contributed by atoms with van der Waals surface area (Å²) in [5, 5.41) is 5.30. The fourth-order valence-electron chi connectivity index (χ4n) is 4.94. The van der Waals surface area contributed by atoms with E-state index >= 15 is 0 Å². The van der Waals surface area contributed by atoms with Gasteiger partial charge in [-0.25, -0.2) is 0 Å². The van der Waals surface area contributed by atoms with Crippen molar-refractivity contribution in [2.45, 2.75) is 69.5 Å². The SMILES string of the molecule is CC(C)CCNC(=O)[C@H]1c2c(n(C)c3ccccc23)SCC(=O)N1C1CCCCC1. The highest BCUT2D eigenvalue weighted by molar-refractivity contribution is 8.00. The molecular weight excluding hydrogens is 394 g/mol. The fraction of sp³-hybridized carbons (Fsp3) is 0.583. The molecule has 0 unspecified atom stereocenters. The minimum absolute atomic E-state index is 0.0327. The first kappa shape index (κ1) is 21.3. The lowest BCUT2D eigenvalue weighted by Crippen LogP contribution is -2.49. The molecule has 1 saturated carbocycles. The van der Waals surface area contributed by atoms with Crippen LogP contribution in [0, 0.1) is 5.92 Å². The maximum atomic E-state index is 13.6. The van der Waals surface area contributed by atoms with E-state index in [1.54, 1.807) is 11.8 Å². The first-order valence-corrected chi connectivity index (χ1v) is 12.3. The second-order valence-corrected chi connectivity index (χ2v) is 10.0. The van der Waals surface area contributed by atoms with Gasteiger partial charge < -0.3 is 14.8 Å². The molecule has 2 aromatic rings. The number of amides is 2. The van der Waals surface area contributed by atoms with Gasteiger partial charge in [-0.3, -0.25) is 9.59 Å². The van der Waals surface area contributed by atoms with Gasteiger partial charge in [0.1, 0.15) is 6.04 Å². The zero-order valence-corrected chi connectivity index (χ0v) is 19.1. The number of fused-ring (bicyclic) bond motifs is 3. The number of nitrogens with one attached hydrogen (secondary N) is 1. The van der Waals surface area contributed by atoms with Crippen LogP contribution in [0.1, 0.15) is 64.0 Å². The minimum Gasteiger partial charge on any atom is -0.354 e. The van der Waals surface area contributed by atoms with E-state index in [9.17, 15) is 9.59 Å². The number of carbonyl (C=O) groups excluding carboxylic acids is 2. The molecule has 1 fully saturated rings. The highest BCUT2D eigenvalue weighted by Crippen LogP contribution is 2.43. The smallest absolute Gasteiger partial charge is 0.247 e. The summed E-state index contributed by atoms with van der Waals surface area (Å²) in [5.41, 5.74) is 2.13. The summed E-state index contributed by atoms with van der Waals surface area (Å²) >= 11 is 1.58. The third-order valence-corrected chi connectivity index (χ3v) is 7.66. The van der Waals surface area contributed by atoms with Crippen molar-refractivity contribution in [1.29, 1.82) is 0 Å². The van der Waals surface area contributed by atoms with Crippen molar-refractivity contribution in [3.8, 4) is 0 Å². The number of hydrogen-bond acceptors (Lipinski definition) is 3. The maximum absolute atomic E-state index is 13.6. The van der Waals surface area contributed by atoms with Gasteiger partial charge in [-0.1, -0.05) is 63.1 Å². The highest BCUT2D eigenvalue weighted by atomic mass is 32.2. The molecule has 1 aromatic carbocycles. The molecule has 0 bridgehead atoms. The van der Waals surface area contributed by atoms with Crippen LogP contribution >= 0.6 is 11.8 Å². The van der Waals surface area contributed by atoms with Crippen LogP contribution in [0.5, 0.6) is 0 Å². The van der Waals surface area contributed by atoms with E-state index in [1.807, 2.05) is 24.1 Å². The number of aryl methyl sites for hydroxylation is 1. The average molecular weight is 428 g/mol. The lowest BCUT2D eigenvalue weighted by molar-refractivity contribution is -0.142. The van der Waals surface area contributed by atoms with E-state index in [-0.39, 0.29) is 17.9 Å². The molecule has 6 heteroatoms. The zero-order valence-electron chi connectivity index (χ0n) is 18.3. The number of hydrogen-bond donors (Lipinski definition) is 1. The molecule has 0 spiro atoms. The lowest BCUT2D eigenvalue weighted by atomic mass is 9.91. The van der Waals surface area contributed by atoms with Crippen LogP contribution in [0.2, 0.25) is 0 Å². The number of nitrogens with zero attached hydrogens (tertiary/aromatic N) is 2. The van der Waals surface area contributed by atoms with Gasteiger partial charge in [0.05, 0.1) is 10.8 Å². The summed E-state index contributed by atoms with van der Waals surface area (Å²) in [4.78, 5) is 28.9. The predicted octanol–water partition coefficient (Wildman–Crippen LogP) is 4.65. The van der Waals surface area contributed by atoms with Crippen molar-refractivity contribution in [3.05, 3.63) is 29.8 Å². The Morgan fingerprint density at radius 3 is 2.67 bits per heavy atom. The molecule has 2 amide bonds. The van der Waals surface area contributed by atoms with E-state index in [1.165, 1.54) is 6.42 Å². The van der Waals surface area contributed by atoms with Gasteiger partial charge in [-0.05, 0) is 31.2 Å². The van der Waals surface area contributed by atoms with Crippen molar-refractivity contribution < 1.29 is 9.59 Å². The van der Waals surface area contributed by atoms with Crippen LogP contribution < -0.4 is 5.32 Å². The molecule has 0 saturated heterocycles. The first-order chi connectivity index (χ1) is 14.5. The predicted molar refractivity (Wildman–Crippen MR) is 123 cm³/mol. The Bertz CT molecular complexity index is 930. The van der Waals surface area contributed by atoms with Crippen LogP contribution in [0.25, 0.3) is 10.9 Å². The zero-order chi connectivity index (χ0) is 21.3. The van der Waals surface area contributed by atoms with Gasteiger partial charge in [0.25, 0.3) is 0 Å². The van der Waals surface area contributed by atoms with Gasteiger partial charge in [-0.15, -0.1) is 0 Å². The third-order valence-electron chi connectivity index (χ3n) is 6.50. The van der Waals surface area contributed by atoms with E-state index in [0.717, 1.165) is 53.6 Å². The van der Waals surface area contributed by atoms with Crippen molar-refractivity contribution in [3.63, 3.8) is 0 Å². The summed E-state index contributed by atoms with van der Waals surface area (Å²) in [6.07, 6.45) is 6.40. The second kappa shape index (κ2) is 9.04. The number of rotatable bonds is 5. The highest BCUT2D eigenvalue weighted by Gasteiger charge is 2.42. The van der Waals surface area contributed by atoms with Crippen LogP contribution in [0.4, 0.5) is 0 Å². The van der Waals surface area contributed by atoms with E-state index in [2.05, 4.69) is 35.9 Å². The molecule has 1 aliphatic heterocycles. The first-order valence-electron chi connectivity index (χ1n) is 11.3. The summed E-state index contributed by atoms with van der Waals surface area (Å²) in [6, 6.07) is 7.86. The van der Waals surface area contributed by atoms with Crippen molar-refractivity contribution in [2.75, 3.05) is 12.3 Å². The van der Waals surface area contributed by atoms with Gasteiger partial charge in [0.2, 0.25) is 11.8 Å². The van der Waals surface area contributed by atoms with Gasteiger partial charge in [0, 0.05) is 36.1 Å². The lowest BCUT2D eigenvalue weighted by Gasteiger charge is -2.38. The molecule has 30 heavy (non-hydrogen) atoms. The van der Waals surface area contributed by atoms with E-state index in [0.29, 0.717) is 18.2 Å². The molecule has 1 atom stereocenters. The van der Waals surface area contributed by atoms with E-state index < -0.39 is 6.04 Å². The van der Waals surface area contributed by atoms with Crippen molar-refractivity contribution in [2.24, 2.45) is 13.0 Å². The Balaban J connectivity index is 1.80. The quantitative estimate of drug-likeness (QED) is 0.756. The summed E-state index contributed by atoms with van der Waals surface area (Å²) in [7, 11) is 2.04. The summed E-state index contributed by atoms with van der Waals surface area (Å²) in [5.74, 6) is 0.980. The maximum Gasteiger partial charge on any atom is 0.247 e. The van der Waals surface area contributed by atoms with Crippen LogP contribution in [-0.2, 0) is 16.6 Å². The van der Waals surface area contributed by atoms with Gasteiger partial charge in [0.15, 0.2) is 0 Å². The van der Waals surface area contributed by atoms with Crippen molar-refractivity contribution >= 4 is 34.5 Å². The molecule has 2 aliphatic rings. The normalized spacial score (nSPS) is 20.5. The molecule has 0 radical (unpaired) electrons. The van der Waals surface area contributed by atoms with Gasteiger partial charge in [-0.2, -0.15) is 0 Å². The van der Waals surface area contributed by atoms with E-state index in [4.69, 9.17) is 0 Å². The molecule has 162 valence electrons. The number of para-hydroxylation sites is 1. The Hall–Kier alpha value is -1.95. The number of benzene rings is 1. The Morgan fingerprint density at radius 1 is 1.20 bits per heavy atom. The number of thioether (sulfide) groups is 1. The Kier molecular flexibility index (Phi) is 6.42. The average Bonchev–Trinajstić information content (AvgIpc) is 2.91. The summed E-state index contributed by atoms with van der Waals surface area (Å²) < 4.78 is 2.15. The second-order valence-electron chi connectivity index (χ2n) is 9.05. The molecule has 1 N–H and O–H groups in total. The Labute approximate surface area is 183 Å². The van der Waals surface area contributed by atoms with Gasteiger partial charge >= 0.3 is 0 Å². The van der Waals surface area contributed by atoms with Crippen LogP contribution in [-0.4, -0.2) is 39.6 Å². The molecule has 5 nitrogen and oxygen atoms in total.